The quantitative estimate of drug-likeness (QED) is 0.166. The highest BCUT2D eigenvalue weighted by Gasteiger charge is 2.24. The zero-order valence-corrected chi connectivity index (χ0v) is 30.9. The van der Waals surface area contributed by atoms with Gasteiger partial charge in [0.15, 0.2) is 0 Å². The second kappa shape index (κ2) is 11.0. The molecule has 254 valence electrons. The molecule has 0 saturated heterocycles. The topological polar surface area (TPSA) is 30.7 Å². The Morgan fingerprint density at radius 3 is 1.78 bits per heavy atom. The van der Waals surface area contributed by atoms with Gasteiger partial charge in [0.2, 0.25) is 5.95 Å². The predicted octanol–water partition coefficient (Wildman–Crippen LogP) is 14.6. The molecule has 4 aromatic heterocycles. The molecule has 5 heteroatoms. The summed E-state index contributed by atoms with van der Waals surface area (Å²) in [7, 11) is 0. The Morgan fingerprint density at radius 1 is 0.382 bits per heavy atom. The van der Waals surface area contributed by atoms with Gasteiger partial charge in [-0.15, -0.1) is 22.7 Å². The maximum absolute atomic E-state index is 5.72. The summed E-state index contributed by atoms with van der Waals surface area (Å²) in [6.07, 6.45) is 0. The fourth-order valence-corrected chi connectivity index (χ4v) is 11.6. The fraction of sp³-hybridized carbons (Fsp3) is 0. The first kappa shape index (κ1) is 29.8. The number of thiophene rings is 2. The van der Waals surface area contributed by atoms with E-state index >= 15 is 0 Å². The molecule has 13 aromatic rings. The third-order valence-electron chi connectivity index (χ3n) is 11.6. The Bertz CT molecular complexity index is 3760. The van der Waals surface area contributed by atoms with Crippen LogP contribution in [0.4, 0.5) is 0 Å². The molecule has 0 radical (unpaired) electrons. The molecule has 55 heavy (non-hydrogen) atoms. The van der Waals surface area contributed by atoms with Gasteiger partial charge >= 0.3 is 0 Å². The minimum Gasteiger partial charge on any atom is -0.277 e. The molecule has 0 spiro atoms. The van der Waals surface area contributed by atoms with E-state index < -0.39 is 0 Å². The van der Waals surface area contributed by atoms with Crippen LogP contribution in [0.3, 0.4) is 0 Å². The molecule has 0 atom stereocenters. The smallest absolute Gasteiger partial charge is 0.236 e. The van der Waals surface area contributed by atoms with Crippen molar-refractivity contribution in [2.24, 2.45) is 0 Å². The molecule has 0 aliphatic rings. The molecule has 0 unspecified atom stereocenters. The van der Waals surface area contributed by atoms with Crippen molar-refractivity contribution >= 4 is 128 Å². The van der Waals surface area contributed by atoms with Gasteiger partial charge in [0, 0.05) is 62.8 Å². The predicted molar refractivity (Wildman–Crippen MR) is 238 cm³/mol. The van der Waals surface area contributed by atoms with Gasteiger partial charge in [-0.3, -0.25) is 4.57 Å². The Labute approximate surface area is 322 Å². The minimum atomic E-state index is 0.688. The van der Waals surface area contributed by atoms with E-state index in [1.807, 2.05) is 11.3 Å². The van der Waals surface area contributed by atoms with Gasteiger partial charge in [-0.25, -0.2) is 9.97 Å². The molecular formula is C50H27N3S2. The average molecular weight is 734 g/mol. The summed E-state index contributed by atoms with van der Waals surface area (Å²) in [5.41, 5.74) is 4.35. The van der Waals surface area contributed by atoms with Crippen molar-refractivity contribution in [1.29, 1.82) is 0 Å². The van der Waals surface area contributed by atoms with Crippen molar-refractivity contribution in [3.8, 4) is 17.2 Å². The third-order valence-corrected chi connectivity index (χ3v) is 13.9. The maximum Gasteiger partial charge on any atom is 0.236 e. The first-order chi connectivity index (χ1) is 27.3. The first-order valence-corrected chi connectivity index (χ1v) is 20.2. The number of nitrogens with zero attached hydrogens (tertiary/aromatic N) is 3. The van der Waals surface area contributed by atoms with E-state index in [-0.39, 0.29) is 0 Å². The van der Waals surface area contributed by atoms with Crippen LogP contribution in [0.15, 0.2) is 164 Å². The Balaban J connectivity index is 1.24. The van der Waals surface area contributed by atoms with Gasteiger partial charge in [-0.2, -0.15) is 0 Å². The van der Waals surface area contributed by atoms with Crippen LogP contribution in [0.1, 0.15) is 0 Å². The highest BCUT2D eigenvalue weighted by Crippen LogP contribution is 2.47. The van der Waals surface area contributed by atoms with Crippen LogP contribution < -0.4 is 0 Å². The lowest BCUT2D eigenvalue weighted by atomic mass is 9.91. The molecule has 0 fully saturated rings. The second-order valence-electron chi connectivity index (χ2n) is 14.4. The van der Waals surface area contributed by atoms with E-state index in [0.717, 1.165) is 32.5 Å². The number of fused-ring (bicyclic) bond motifs is 18. The highest BCUT2D eigenvalue weighted by atomic mass is 32.1. The molecular weight excluding hydrogens is 707 g/mol. The summed E-state index contributed by atoms with van der Waals surface area (Å²) in [5.74, 6) is 0.688. The van der Waals surface area contributed by atoms with Crippen LogP contribution in [0, 0.1) is 0 Å². The zero-order chi connectivity index (χ0) is 35.8. The SMILES string of the molecule is c1ccc2c(c1)ccc1c3c4c5ccccc5c5ccccc5c4ccc3n(-c3nc(-c4cccc5c4sc4ccccc45)c4c(n3)sc3ccccc34)c21. The zero-order valence-electron chi connectivity index (χ0n) is 29.2. The first-order valence-electron chi connectivity index (χ1n) is 18.6. The van der Waals surface area contributed by atoms with Gasteiger partial charge in [0.1, 0.15) is 4.83 Å². The van der Waals surface area contributed by atoms with E-state index in [1.54, 1.807) is 11.3 Å². The number of hydrogen-bond donors (Lipinski definition) is 0. The van der Waals surface area contributed by atoms with Gasteiger partial charge in [-0.1, -0.05) is 146 Å². The molecule has 0 aliphatic carbocycles. The van der Waals surface area contributed by atoms with Gasteiger partial charge in [0.05, 0.1) is 16.7 Å². The van der Waals surface area contributed by atoms with Crippen LogP contribution in [0.2, 0.25) is 0 Å². The number of aromatic nitrogens is 3. The van der Waals surface area contributed by atoms with Crippen LogP contribution in [0.25, 0.3) is 123 Å². The number of rotatable bonds is 2. The third kappa shape index (κ3) is 3.98. The second-order valence-corrected chi connectivity index (χ2v) is 16.5. The molecule has 0 saturated carbocycles. The number of hydrogen-bond acceptors (Lipinski definition) is 4. The summed E-state index contributed by atoms with van der Waals surface area (Å²) < 4.78 is 6.10. The highest BCUT2D eigenvalue weighted by molar-refractivity contribution is 7.26. The molecule has 0 amide bonds. The normalized spacial score (nSPS) is 12.4. The standard InChI is InChI=1S/C50H27N3S2/c1-2-13-29-28(12-1)24-25-38-44-40(27-26-35-32-16-4-3-14-30(32)31-15-5-6-18-34(31)43(35)44)53(47(29)38)50-51-46(45-37-19-8-10-23-42(37)55-49(45)52-50)39-21-11-20-36-33-17-7-9-22-41(33)54-48(36)39/h1-27H. The molecule has 4 heterocycles. The van der Waals surface area contributed by atoms with Crippen LogP contribution in [0.5, 0.6) is 0 Å². The van der Waals surface area contributed by atoms with Crippen molar-refractivity contribution in [2.75, 3.05) is 0 Å². The van der Waals surface area contributed by atoms with Gasteiger partial charge < -0.3 is 0 Å². The van der Waals surface area contributed by atoms with E-state index in [4.69, 9.17) is 9.97 Å². The van der Waals surface area contributed by atoms with Crippen LogP contribution in [-0.2, 0) is 0 Å². The molecule has 3 nitrogen and oxygen atoms in total. The van der Waals surface area contributed by atoms with Crippen molar-refractivity contribution in [2.45, 2.75) is 0 Å². The van der Waals surface area contributed by atoms with Crippen LogP contribution in [-0.4, -0.2) is 14.5 Å². The maximum atomic E-state index is 5.72. The van der Waals surface area contributed by atoms with E-state index in [1.165, 1.54) is 84.1 Å². The van der Waals surface area contributed by atoms with Gasteiger partial charge in [0.25, 0.3) is 0 Å². The van der Waals surface area contributed by atoms with Crippen molar-refractivity contribution in [3.05, 3.63) is 164 Å². The van der Waals surface area contributed by atoms with Crippen molar-refractivity contribution < 1.29 is 0 Å². The van der Waals surface area contributed by atoms with Crippen LogP contribution >= 0.6 is 22.7 Å². The largest absolute Gasteiger partial charge is 0.277 e. The summed E-state index contributed by atoms with van der Waals surface area (Å²) in [4.78, 5) is 12.3. The summed E-state index contributed by atoms with van der Waals surface area (Å²) >= 11 is 3.60. The summed E-state index contributed by atoms with van der Waals surface area (Å²) in [6.45, 7) is 0. The van der Waals surface area contributed by atoms with E-state index in [2.05, 4.69) is 168 Å². The van der Waals surface area contributed by atoms with Crippen molar-refractivity contribution in [3.63, 3.8) is 0 Å². The lowest BCUT2D eigenvalue weighted by molar-refractivity contribution is 1.02. The number of benzene rings is 9. The fourth-order valence-electron chi connectivity index (χ4n) is 9.31. The minimum absolute atomic E-state index is 0.688. The Morgan fingerprint density at radius 2 is 0.982 bits per heavy atom. The molecule has 0 N–H and O–H groups in total. The molecule has 9 aromatic carbocycles. The summed E-state index contributed by atoms with van der Waals surface area (Å²) in [5, 5.41) is 17.2. The van der Waals surface area contributed by atoms with E-state index in [9.17, 15) is 0 Å². The lowest BCUT2D eigenvalue weighted by Gasteiger charge is -2.13. The molecule has 0 bridgehead atoms. The van der Waals surface area contributed by atoms with E-state index in [0.29, 0.717) is 5.95 Å². The Kier molecular flexibility index (Phi) is 5.93. The van der Waals surface area contributed by atoms with Gasteiger partial charge in [-0.05, 0) is 50.5 Å². The lowest BCUT2D eigenvalue weighted by Crippen LogP contribution is -2.03. The average Bonchev–Trinajstić information content (AvgIpc) is 3.93. The summed E-state index contributed by atoms with van der Waals surface area (Å²) in [6, 6.07) is 59.8. The van der Waals surface area contributed by atoms with Crippen molar-refractivity contribution in [1.82, 2.24) is 14.5 Å². The molecule has 0 aliphatic heterocycles. The Hall–Kier alpha value is -6.66. The molecule has 13 rings (SSSR count). The monoisotopic (exact) mass is 733 g/mol.